The lowest BCUT2D eigenvalue weighted by molar-refractivity contribution is -0.00744. The zero-order valence-corrected chi connectivity index (χ0v) is 11.2. The minimum absolute atomic E-state index is 0.0851. The van der Waals surface area contributed by atoms with Gasteiger partial charge in [-0.1, -0.05) is 24.6 Å². The monoisotopic (exact) mass is 234 g/mol. The molecule has 94 valence electrons. The average Bonchev–Trinajstić information content (AvgIpc) is 2.98. The zero-order valence-electron chi connectivity index (χ0n) is 11.2. The lowest BCUT2D eigenvalue weighted by atomic mass is 9.82. The van der Waals surface area contributed by atoms with Crippen molar-refractivity contribution in [3.05, 3.63) is 29.3 Å². The molecule has 2 nitrogen and oxygen atoms in total. The number of aliphatic hydroxyl groups is 1. The SMILES string of the molecule is COc1ccc(C)cc1CC(C)(O)C1(C)CC1. The van der Waals surface area contributed by atoms with Gasteiger partial charge in [0.05, 0.1) is 12.7 Å². The van der Waals surface area contributed by atoms with Crippen LogP contribution in [0.5, 0.6) is 5.75 Å². The molecule has 1 N–H and O–H groups in total. The Balaban J connectivity index is 2.26. The molecule has 0 radical (unpaired) electrons. The predicted molar refractivity (Wildman–Crippen MR) is 69.4 cm³/mol. The van der Waals surface area contributed by atoms with Gasteiger partial charge in [-0.2, -0.15) is 0 Å². The normalized spacial score (nSPS) is 20.8. The first-order valence-corrected chi connectivity index (χ1v) is 6.24. The molecule has 0 bridgehead atoms. The van der Waals surface area contributed by atoms with Crippen molar-refractivity contribution in [1.82, 2.24) is 0 Å². The van der Waals surface area contributed by atoms with Crippen molar-refractivity contribution in [2.24, 2.45) is 5.41 Å². The van der Waals surface area contributed by atoms with E-state index in [1.807, 2.05) is 19.1 Å². The molecule has 1 aliphatic carbocycles. The molecule has 1 unspecified atom stereocenters. The molecule has 0 aliphatic heterocycles. The Morgan fingerprint density at radius 1 is 1.41 bits per heavy atom. The molecular weight excluding hydrogens is 212 g/mol. The number of benzene rings is 1. The van der Waals surface area contributed by atoms with Gasteiger partial charge in [0.25, 0.3) is 0 Å². The first kappa shape index (κ1) is 12.4. The second-order valence-corrected chi connectivity index (χ2v) is 5.83. The molecule has 1 fully saturated rings. The van der Waals surface area contributed by atoms with E-state index in [1.165, 1.54) is 5.56 Å². The summed E-state index contributed by atoms with van der Waals surface area (Å²) in [7, 11) is 1.68. The maximum absolute atomic E-state index is 10.6. The van der Waals surface area contributed by atoms with Crippen LogP contribution in [0.1, 0.15) is 37.8 Å². The molecular formula is C15H22O2. The van der Waals surface area contributed by atoms with Crippen molar-refractivity contribution in [1.29, 1.82) is 0 Å². The Kier molecular flexibility index (Phi) is 2.94. The highest BCUT2D eigenvalue weighted by Crippen LogP contribution is 2.54. The Morgan fingerprint density at radius 3 is 2.59 bits per heavy atom. The van der Waals surface area contributed by atoms with Crippen LogP contribution in [0.25, 0.3) is 0 Å². The maximum Gasteiger partial charge on any atom is 0.122 e. The number of aryl methyl sites for hydroxylation is 1. The lowest BCUT2D eigenvalue weighted by Gasteiger charge is -2.31. The van der Waals surface area contributed by atoms with Gasteiger partial charge in [-0.3, -0.25) is 0 Å². The fourth-order valence-corrected chi connectivity index (χ4v) is 2.36. The van der Waals surface area contributed by atoms with E-state index in [1.54, 1.807) is 7.11 Å². The van der Waals surface area contributed by atoms with Crippen molar-refractivity contribution in [2.75, 3.05) is 7.11 Å². The molecule has 1 aromatic rings. The van der Waals surface area contributed by atoms with Crippen molar-refractivity contribution in [3.8, 4) is 5.75 Å². The third-order valence-corrected chi connectivity index (χ3v) is 4.27. The minimum atomic E-state index is -0.645. The Labute approximate surface area is 104 Å². The third-order valence-electron chi connectivity index (χ3n) is 4.27. The third kappa shape index (κ3) is 2.32. The summed E-state index contributed by atoms with van der Waals surface area (Å²) in [6, 6.07) is 6.13. The summed E-state index contributed by atoms with van der Waals surface area (Å²) in [6.45, 7) is 6.17. The van der Waals surface area contributed by atoms with E-state index in [9.17, 15) is 5.11 Å². The number of hydrogen-bond donors (Lipinski definition) is 1. The fourth-order valence-electron chi connectivity index (χ4n) is 2.36. The Bertz CT molecular complexity index is 417. The molecule has 1 aliphatic rings. The van der Waals surface area contributed by atoms with Crippen LogP contribution in [0, 0.1) is 12.3 Å². The molecule has 0 aromatic heterocycles. The predicted octanol–water partition coefficient (Wildman–Crippen LogP) is 3.10. The van der Waals surface area contributed by atoms with E-state index in [0.29, 0.717) is 6.42 Å². The second kappa shape index (κ2) is 4.02. The molecule has 1 aromatic carbocycles. The second-order valence-electron chi connectivity index (χ2n) is 5.83. The molecule has 1 saturated carbocycles. The Morgan fingerprint density at radius 2 is 2.06 bits per heavy atom. The number of methoxy groups -OCH3 is 1. The van der Waals surface area contributed by atoms with E-state index in [0.717, 1.165) is 24.2 Å². The molecule has 2 rings (SSSR count). The van der Waals surface area contributed by atoms with E-state index < -0.39 is 5.60 Å². The highest BCUT2D eigenvalue weighted by Gasteiger charge is 2.52. The first-order valence-electron chi connectivity index (χ1n) is 6.24. The lowest BCUT2D eigenvalue weighted by Crippen LogP contribution is -2.36. The molecule has 0 spiro atoms. The van der Waals surface area contributed by atoms with E-state index in [4.69, 9.17) is 4.74 Å². The molecule has 17 heavy (non-hydrogen) atoms. The minimum Gasteiger partial charge on any atom is -0.496 e. The highest BCUT2D eigenvalue weighted by molar-refractivity contribution is 5.38. The fraction of sp³-hybridized carbons (Fsp3) is 0.600. The van der Waals surface area contributed by atoms with Crippen LogP contribution in [0.3, 0.4) is 0 Å². The van der Waals surface area contributed by atoms with Crippen molar-refractivity contribution in [3.63, 3.8) is 0 Å². The zero-order chi connectivity index (χ0) is 12.7. The molecule has 2 heteroatoms. The maximum atomic E-state index is 10.6. The summed E-state index contributed by atoms with van der Waals surface area (Å²) in [4.78, 5) is 0. The van der Waals surface area contributed by atoms with Gasteiger partial charge in [0, 0.05) is 6.42 Å². The van der Waals surface area contributed by atoms with Gasteiger partial charge in [-0.05, 0) is 43.7 Å². The summed E-state index contributed by atoms with van der Waals surface area (Å²) >= 11 is 0. The quantitative estimate of drug-likeness (QED) is 0.867. The topological polar surface area (TPSA) is 29.5 Å². The highest BCUT2D eigenvalue weighted by atomic mass is 16.5. The van der Waals surface area contributed by atoms with Crippen LogP contribution in [0.4, 0.5) is 0 Å². The molecule has 0 amide bonds. The molecule has 0 saturated heterocycles. The van der Waals surface area contributed by atoms with Crippen LogP contribution >= 0.6 is 0 Å². The molecule has 0 heterocycles. The molecule has 1 atom stereocenters. The van der Waals surface area contributed by atoms with Gasteiger partial charge in [-0.15, -0.1) is 0 Å². The summed E-state index contributed by atoms with van der Waals surface area (Å²) < 4.78 is 5.37. The van der Waals surface area contributed by atoms with E-state index in [-0.39, 0.29) is 5.41 Å². The smallest absolute Gasteiger partial charge is 0.122 e. The van der Waals surface area contributed by atoms with E-state index in [2.05, 4.69) is 19.9 Å². The number of hydrogen-bond acceptors (Lipinski definition) is 2. The van der Waals surface area contributed by atoms with Gasteiger partial charge < -0.3 is 9.84 Å². The van der Waals surface area contributed by atoms with Crippen LogP contribution in [0.15, 0.2) is 18.2 Å². The van der Waals surface area contributed by atoms with Gasteiger partial charge in [0.1, 0.15) is 5.75 Å². The summed E-state index contributed by atoms with van der Waals surface area (Å²) in [5.41, 5.74) is 1.75. The number of rotatable bonds is 4. The van der Waals surface area contributed by atoms with Crippen LogP contribution in [-0.4, -0.2) is 17.8 Å². The summed E-state index contributed by atoms with van der Waals surface area (Å²) in [5.74, 6) is 0.875. The van der Waals surface area contributed by atoms with Crippen molar-refractivity contribution in [2.45, 2.75) is 45.6 Å². The average molecular weight is 234 g/mol. The summed E-state index contributed by atoms with van der Waals surface area (Å²) in [6.07, 6.45) is 2.90. The Hall–Kier alpha value is -1.02. The largest absolute Gasteiger partial charge is 0.496 e. The standard InChI is InChI=1S/C15H22O2/c1-11-5-6-13(17-4)12(9-11)10-15(3,16)14(2)7-8-14/h5-6,9,16H,7-8,10H2,1-4H3. The first-order chi connectivity index (χ1) is 7.88. The number of ether oxygens (including phenoxy) is 1. The van der Waals surface area contributed by atoms with Gasteiger partial charge in [0.15, 0.2) is 0 Å². The van der Waals surface area contributed by atoms with Gasteiger partial charge >= 0.3 is 0 Å². The summed E-state index contributed by atoms with van der Waals surface area (Å²) in [5, 5.41) is 10.6. The van der Waals surface area contributed by atoms with Crippen molar-refractivity contribution < 1.29 is 9.84 Å². The van der Waals surface area contributed by atoms with E-state index >= 15 is 0 Å². The van der Waals surface area contributed by atoms with Crippen LogP contribution in [-0.2, 0) is 6.42 Å². The van der Waals surface area contributed by atoms with Gasteiger partial charge in [0.2, 0.25) is 0 Å². The van der Waals surface area contributed by atoms with Crippen LogP contribution in [0.2, 0.25) is 0 Å². The van der Waals surface area contributed by atoms with Gasteiger partial charge in [-0.25, -0.2) is 0 Å². The van der Waals surface area contributed by atoms with Crippen LogP contribution < -0.4 is 4.74 Å². The van der Waals surface area contributed by atoms with Crippen molar-refractivity contribution >= 4 is 0 Å².